The second-order valence-electron chi connectivity index (χ2n) is 6.52. The minimum atomic E-state index is -0.779. The van der Waals surface area contributed by atoms with Crippen molar-refractivity contribution in [3.63, 3.8) is 0 Å². The first-order valence-corrected chi connectivity index (χ1v) is 8.71. The smallest absolute Gasteiger partial charge is 0.199 e. The number of ether oxygens (including phenoxy) is 1. The Hall–Kier alpha value is -1.92. The van der Waals surface area contributed by atoms with Crippen molar-refractivity contribution in [1.82, 2.24) is 0 Å². The number of halogens is 1. The van der Waals surface area contributed by atoms with E-state index in [1.54, 1.807) is 13.2 Å². The van der Waals surface area contributed by atoms with Crippen molar-refractivity contribution in [3.05, 3.63) is 59.4 Å². The third kappa shape index (κ3) is 4.79. The number of rotatable bonds is 6. The minimum Gasteiger partial charge on any atom is -0.374 e. The molecule has 0 aliphatic heterocycles. The number of aryl methyl sites for hydroxylation is 1. The highest BCUT2D eigenvalue weighted by atomic mass is 19.1. The lowest BCUT2D eigenvalue weighted by Crippen LogP contribution is -2.33. The molecule has 0 heterocycles. The molecule has 1 aliphatic rings. The van der Waals surface area contributed by atoms with E-state index in [-0.39, 0.29) is 5.60 Å². The van der Waals surface area contributed by atoms with Gasteiger partial charge in [-0.2, -0.15) is 9.65 Å². The fraction of sp³-hybridized carbons (Fsp3) is 0.476. The lowest BCUT2D eigenvalue weighted by atomic mass is 9.75. The minimum absolute atomic E-state index is 0.342. The molecule has 0 radical (unpaired) electrons. The monoisotopic (exact) mass is 327 g/mol. The van der Waals surface area contributed by atoms with E-state index >= 15 is 0 Å². The Kier molecular flexibility index (Phi) is 6.75. The van der Waals surface area contributed by atoms with Crippen LogP contribution in [0.3, 0.4) is 0 Å². The fourth-order valence-corrected chi connectivity index (χ4v) is 3.47. The molecule has 0 atom stereocenters. The van der Waals surface area contributed by atoms with Crippen LogP contribution in [0.25, 0.3) is 0 Å². The summed E-state index contributed by atoms with van der Waals surface area (Å²) in [6.07, 6.45) is 10.9. The van der Waals surface area contributed by atoms with Crippen LogP contribution in [0.2, 0.25) is 0 Å². The molecule has 1 saturated carbocycles. The molecule has 2 nitrogen and oxygen atoms in total. The molecule has 24 heavy (non-hydrogen) atoms. The second kappa shape index (κ2) is 8.80. The van der Waals surface area contributed by atoms with Crippen LogP contribution in [-0.4, -0.2) is 12.7 Å². The zero-order valence-electron chi connectivity index (χ0n) is 14.6. The molecule has 0 aromatic heterocycles. The van der Waals surface area contributed by atoms with Gasteiger partial charge in [0.15, 0.2) is 5.83 Å². The van der Waals surface area contributed by atoms with Crippen LogP contribution in [0.15, 0.2) is 48.3 Å². The zero-order valence-corrected chi connectivity index (χ0v) is 14.6. The summed E-state index contributed by atoms with van der Waals surface area (Å²) in [4.78, 5) is 0. The molecule has 0 unspecified atom stereocenters. The molecule has 128 valence electrons. The van der Waals surface area contributed by atoms with E-state index in [0.717, 1.165) is 32.1 Å². The molecule has 0 saturated heterocycles. The summed E-state index contributed by atoms with van der Waals surface area (Å²) in [6.45, 7) is 2.20. The molecule has 0 bridgehead atoms. The number of hydrogen-bond donors (Lipinski definition) is 0. The van der Waals surface area contributed by atoms with E-state index < -0.39 is 5.83 Å². The van der Waals surface area contributed by atoms with Crippen molar-refractivity contribution in [3.8, 4) is 6.07 Å². The van der Waals surface area contributed by atoms with Crippen LogP contribution in [0.5, 0.6) is 0 Å². The molecule has 0 N–H and O–H groups in total. The molecule has 0 amide bonds. The first-order chi connectivity index (χ1) is 11.6. The average Bonchev–Trinajstić information content (AvgIpc) is 2.63. The van der Waals surface area contributed by atoms with Crippen LogP contribution in [0.4, 0.5) is 4.39 Å². The highest BCUT2D eigenvalue weighted by Crippen LogP contribution is 2.40. The molecule has 1 aromatic carbocycles. The summed E-state index contributed by atoms with van der Waals surface area (Å²) in [7, 11) is 1.70. The summed E-state index contributed by atoms with van der Waals surface area (Å²) in [5.41, 5.74) is 2.46. The summed E-state index contributed by atoms with van der Waals surface area (Å²) < 4.78 is 18.6. The number of benzene rings is 1. The maximum Gasteiger partial charge on any atom is 0.199 e. The molecule has 2 rings (SSSR count). The molecule has 1 aliphatic carbocycles. The van der Waals surface area contributed by atoms with Gasteiger partial charge in [0.1, 0.15) is 6.07 Å². The van der Waals surface area contributed by atoms with Gasteiger partial charge in [-0.3, -0.25) is 0 Å². The van der Waals surface area contributed by atoms with Gasteiger partial charge >= 0.3 is 0 Å². The molecule has 1 aromatic rings. The standard InChI is InChI=1S/C21H26FNO/c1-3-5-17-7-9-18(10-8-17)19-11-14-21(24-2,15-12-19)13-4-6-20(22)16-23/h4,6-10,13,19H,3,5,11-12,14-15H2,1-2H3. The number of hydrogen-bond acceptors (Lipinski definition) is 2. The Morgan fingerprint density at radius 3 is 2.54 bits per heavy atom. The van der Waals surface area contributed by atoms with Crippen molar-refractivity contribution in [2.45, 2.75) is 57.0 Å². The number of allylic oxidation sites excluding steroid dienone is 3. The van der Waals surface area contributed by atoms with Gasteiger partial charge in [-0.05, 0) is 55.2 Å². The van der Waals surface area contributed by atoms with Gasteiger partial charge < -0.3 is 4.74 Å². The SMILES string of the molecule is CCCc1ccc(C2CCC(C=CC=C(F)C#N)(OC)CC2)cc1. The predicted molar refractivity (Wildman–Crippen MR) is 95.3 cm³/mol. The van der Waals surface area contributed by atoms with Gasteiger partial charge in [0.2, 0.25) is 0 Å². The highest BCUT2D eigenvalue weighted by Gasteiger charge is 2.33. The van der Waals surface area contributed by atoms with Crippen LogP contribution in [0, 0.1) is 11.3 Å². The van der Waals surface area contributed by atoms with Gasteiger partial charge in [-0.25, -0.2) is 0 Å². The quantitative estimate of drug-likeness (QED) is 0.502. The van der Waals surface area contributed by atoms with E-state index in [1.165, 1.54) is 29.7 Å². The lowest BCUT2D eigenvalue weighted by Gasteiger charge is -2.37. The average molecular weight is 327 g/mol. The van der Waals surface area contributed by atoms with Crippen LogP contribution < -0.4 is 0 Å². The van der Waals surface area contributed by atoms with Crippen molar-refractivity contribution in [2.75, 3.05) is 7.11 Å². The van der Waals surface area contributed by atoms with E-state index in [2.05, 4.69) is 31.2 Å². The Labute approximate surface area is 144 Å². The molecule has 0 spiro atoms. The van der Waals surface area contributed by atoms with E-state index in [1.807, 2.05) is 6.08 Å². The van der Waals surface area contributed by atoms with E-state index in [9.17, 15) is 4.39 Å². The summed E-state index contributed by atoms with van der Waals surface area (Å²) in [5, 5.41) is 8.45. The van der Waals surface area contributed by atoms with E-state index in [0.29, 0.717) is 5.92 Å². The van der Waals surface area contributed by atoms with Gasteiger partial charge in [-0.15, -0.1) is 0 Å². The van der Waals surface area contributed by atoms with Crippen molar-refractivity contribution in [1.29, 1.82) is 5.26 Å². The summed E-state index contributed by atoms with van der Waals surface area (Å²) in [5.74, 6) is -0.220. The van der Waals surface area contributed by atoms with Crippen LogP contribution in [-0.2, 0) is 11.2 Å². The van der Waals surface area contributed by atoms with Crippen molar-refractivity contribution >= 4 is 0 Å². The van der Waals surface area contributed by atoms with Gasteiger partial charge in [0.25, 0.3) is 0 Å². The number of nitriles is 1. The Morgan fingerprint density at radius 2 is 2.00 bits per heavy atom. The first kappa shape index (κ1) is 18.4. The summed E-state index contributed by atoms with van der Waals surface area (Å²) >= 11 is 0. The van der Waals surface area contributed by atoms with Gasteiger partial charge in [0, 0.05) is 7.11 Å². The number of nitrogens with zero attached hydrogens (tertiary/aromatic N) is 1. The van der Waals surface area contributed by atoms with Crippen LogP contribution >= 0.6 is 0 Å². The van der Waals surface area contributed by atoms with Gasteiger partial charge in [0.05, 0.1) is 5.60 Å². The Balaban J connectivity index is 1.99. The highest BCUT2D eigenvalue weighted by molar-refractivity contribution is 5.27. The lowest BCUT2D eigenvalue weighted by molar-refractivity contribution is -0.00220. The zero-order chi connectivity index (χ0) is 17.4. The summed E-state index contributed by atoms with van der Waals surface area (Å²) in [6, 6.07) is 10.5. The third-order valence-corrected chi connectivity index (χ3v) is 4.98. The van der Waals surface area contributed by atoms with Crippen molar-refractivity contribution < 1.29 is 9.13 Å². The van der Waals surface area contributed by atoms with Crippen LogP contribution in [0.1, 0.15) is 56.1 Å². The van der Waals surface area contributed by atoms with Crippen molar-refractivity contribution in [2.24, 2.45) is 0 Å². The predicted octanol–water partition coefficient (Wildman–Crippen LogP) is 5.62. The maximum absolute atomic E-state index is 12.9. The molecule has 3 heteroatoms. The topological polar surface area (TPSA) is 33.0 Å². The fourth-order valence-electron chi connectivity index (χ4n) is 3.47. The van der Waals surface area contributed by atoms with E-state index in [4.69, 9.17) is 10.00 Å². The third-order valence-electron chi connectivity index (χ3n) is 4.98. The normalized spacial score (nSPS) is 24.9. The first-order valence-electron chi connectivity index (χ1n) is 8.71. The molecular formula is C21H26FNO. The maximum atomic E-state index is 12.9. The largest absolute Gasteiger partial charge is 0.374 e. The van der Waals surface area contributed by atoms with Gasteiger partial charge in [-0.1, -0.05) is 49.8 Å². The second-order valence-corrected chi connectivity index (χ2v) is 6.52. The molecule has 1 fully saturated rings. The number of methoxy groups -OCH3 is 1. The Bertz CT molecular complexity index is 616. The molecular weight excluding hydrogens is 301 g/mol. The Morgan fingerprint density at radius 1 is 1.33 bits per heavy atom.